The fraction of sp³-hybridized carbons (Fsp3) is 0.294. The summed E-state index contributed by atoms with van der Waals surface area (Å²) in [6, 6.07) is 7.25. The number of alkyl halides is 2. The zero-order valence-electron chi connectivity index (χ0n) is 13.2. The number of aliphatic imine (C=N–C) groups is 2. The quantitative estimate of drug-likeness (QED) is 0.762. The number of nitrogens with zero attached hydrogens (tertiary/aromatic N) is 3. The minimum atomic E-state index is -2.88. The summed E-state index contributed by atoms with van der Waals surface area (Å²) in [4.78, 5) is 23.9. The summed E-state index contributed by atoms with van der Waals surface area (Å²) in [7, 11) is 0. The van der Waals surface area contributed by atoms with Gasteiger partial charge in [0.25, 0.3) is 6.43 Å². The molecule has 0 N–H and O–H groups in total. The molecule has 0 amide bonds. The van der Waals surface area contributed by atoms with Crippen LogP contribution in [0.2, 0.25) is 5.02 Å². The van der Waals surface area contributed by atoms with Gasteiger partial charge in [0.2, 0.25) is 0 Å². The van der Waals surface area contributed by atoms with Gasteiger partial charge in [-0.25, -0.2) is 18.6 Å². The Kier molecular flexibility index (Phi) is 5.03. The number of hydrogen-bond donors (Lipinski definition) is 0. The van der Waals surface area contributed by atoms with E-state index >= 15 is 0 Å². The predicted molar refractivity (Wildman–Crippen MR) is 91.8 cm³/mol. The van der Waals surface area contributed by atoms with Crippen molar-refractivity contribution in [1.29, 1.82) is 0 Å². The first kappa shape index (κ1) is 17.4. The molecule has 2 aromatic rings. The first-order chi connectivity index (χ1) is 12.0. The SMILES string of the molecule is CCOC(=O)C1=NC(Cc2ccc3ncc(Cl)cc3c2)N=C1C(F)F. The van der Waals surface area contributed by atoms with E-state index in [1.165, 1.54) is 0 Å². The Morgan fingerprint density at radius 2 is 2.12 bits per heavy atom. The monoisotopic (exact) mass is 365 g/mol. The lowest BCUT2D eigenvalue weighted by Gasteiger charge is -2.06. The van der Waals surface area contributed by atoms with E-state index in [0.717, 1.165) is 16.5 Å². The van der Waals surface area contributed by atoms with E-state index in [1.807, 2.05) is 18.2 Å². The van der Waals surface area contributed by atoms with Gasteiger partial charge in [-0.05, 0) is 30.7 Å². The fourth-order valence-electron chi connectivity index (χ4n) is 2.57. The van der Waals surface area contributed by atoms with Crippen LogP contribution in [-0.4, -0.2) is 41.6 Å². The first-order valence-corrected chi connectivity index (χ1v) is 8.01. The van der Waals surface area contributed by atoms with Crippen LogP contribution in [0, 0.1) is 0 Å². The Morgan fingerprint density at radius 1 is 1.32 bits per heavy atom. The number of hydrogen-bond acceptors (Lipinski definition) is 5. The van der Waals surface area contributed by atoms with Gasteiger partial charge < -0.3 is 4.74 Å². The van der Waals surface area contributed by atoms with E-state index in [0.29, 0.717) is 5.02 Å². The minimum absolute atomic E-state index is 0.0808. The molecule has 1 unspecified atom stereocenters. The summed E-state index contributed by atoms with van der Waals surface area (Å²) in [6.07, 6.45) is -1.84. The Morgan fingerprint density at radius 3 is 2.84 bits per heavy atom. The number of carbonyl (C=O) groups is 1. The van der Waals surface area contributed by atoms with Gasteiger partial charge in [-0.3, -0.25) is 9.98 Å². The Labute approximate surface area is 147 Å². The Hall–Kier alpha value is -2.41. The van der Waals surface area contributed by atoms with Crippen LogP contribution in [0.25, 0.3) is 10.9 Å². The van der Waals surface area contributed by atoms with Crippen molar-refractivity contribution >= 4 is 39.9 Å². The minimum Gasteiger partial charge on any atom is -0.461 e. The molecular weight excluding hydrogens is 352 g/mol. The van der Waals surface area contributed by atoms with Crippen LogP contribution >= 0.6 is 11.6 Å². The molecule has 0 radical (unpaired) electrons. The fourth-order valence-corrected chi connectivity index (χ4v) is 2.73. The number of benzene rings is 1. The van der Waals surface area contributed by atoms with E-state index in [4.69, 9.17) is 16.3 Å². The third-order valence-corrected chi connectivity index (χ3v) is 3.82. The molecule has 2 heterocycles. The van der Waals surface area contributed by atoms with Crippen LogP contribution in [0.4, 0.5) is 8.78 Å². The lowest BCUT2D eigenvalue weighted by molar-refractivity contribution is -0.134. The largest absolute Gasteiger partial charge is 0.461 e. The second-order valence-electron chi connectivity index (χ2n) is 5.38. The van der Waals surface area contributed by atoms with Crippen LogP contribution in [0.15, 0.2) is 40.4 Å². The zero-order chi connectivity index (χ0) is 18.0. The predicted octanol–water partition coefficient (Wildman–Crippen LogP) is 3.48. The third kappa shape index (κ3) is 3.82. The summed E-state index contributed by atoms with van der Waals surface area (Å²) in [6.45, 7) is 1.68. The molecule has 0 fully saturated rings. The van der Waals surface area contributed by atoms with Gasteiger partial charge in [0.05, 0.1) is 17.1 Å². The Bertz CT molecular complexity index is 883. The van der Waals surface area contributed by atoms with Gasteiger partial charge in [-0.2, -0.15) is 0 Å². The molecular formula is C17H14ClF2N3O2. The second kappa shape index (κ2) is 7.23. The number of pyridine rings is 1. The molecule has 130 valence electrons. The van der Waals surface area contributed by atoms with E-state index < -0.39 is 30.0 Å². The smallest absolute Gasteiger partial charge is 0.358 e. The van der Waals surface area contributed by atoms with Gasteiger partial charge >= 0.3 is 5.97 Å². The molecule has 3 rings (SSSR count). The number of carbonyl (C=O) groups excluding carboxylic acids is 1. The maximum atomic E-state index is 13.1. The van der Waals surface area contributed by atoms with Crippen molar-refractivity contribution in [2.45, 2.75) is 25.9 Å². The van der Waals surface area contributed by atoms with Crippen molar-refractivity contribution in [3.05, 3.63) is 41.0 Å². The lowest BCUT2D eigenvalue weighted by atomic mass is 10.1. The highest BCUT2D eigenvalue weighted by Gasteiger charge is 2.33. The first-order valence-electron chi connectivity index (χ1n) is 7.63. The molecule has 0 bridgehead atoms. The average Bonchev–Trinajstić information content (AvgIpc) is 2.99. The molecule has 8 heteroatoms. The van der Waals surface area contributed by atoms with E-state index in [2.05, 4.69) is 15.0 Å². The van der Waals surface area contributed by atoms with E-state index in [-0.39, 0.29) is 13.0 Å². The molecule has 1 atom stereocenters. The summed E-state index contributed by atoms with van der Waals surface area (Å²) in [5.74, 6) is -0.876. The van der Waals surface area contributed by atoms with Crippen LogP contribution in [0.3, 0.4) is 0 Å². The number of esters is 1. The molecule has 0 saturated carbocycles. The summed E-state index contributed by atoms with van der Waals surface area (Å²) < 4.78 is 31.0. The summed E-state index contributed by atoms with van der Waals surface area (Å²) >= 11 is 5.94. The van der Waals surface area contributed by atoms with Crippen molar-refractivity contribution < 1.29 is 18.3 Å². The molecule has 25 heavy (non-hydrogen) atoms. The highest BCUT2D eigenvalue weighted by molar-refractivity contribution is 6.67. The summed E-state index contributed by atoms with van der Waals surface area (Å²) in [5.41, 5.74) is 0.584. The van der Waals surface area contributed by atoms with Crippen LogP contribution < -0.4 is 0 Å². The van der Waals surface area contributed by atoms with Gasteiger partial charge in [-0.1, -0.05) is 17.7 Å². The zero-order valence-corrected chi connectivity index (χ0v) is 14.0. The van der Waals surface area contributed by atoms with Crippen molar-refractivity contribution in [3.63, 3.8) is 0 Å². The van der Waals surface area contributed by atoms with Crippen molar-refractivity contribution in [3.8, 4) is 0 Å². The molecule has 5 nitrogen and oxygen atoms in total. The molecule has 1 aliphatic heterocycles. The van der Waals surface area contributed by atoms with Gasteiger partial charge in [0.1, 0.15) is 11.9 Å². The molecule has 0 spiro atoms. The lowest BCUT2D eigenvalue weighted by Crippen LogP contribution is -2.29. The molecule has 1 aromatic carbocycles. The second-order valence-corrected chi connectivity index (χ2v) is 5.81. The molecule has 1 aromatic heterocycles. The topological polar surface area (TPSA) is 63.9 Å². The van der Waals surface area contributed by atoms with Crippen molar-refractivity contribution in [1.82, 2.24) is 4.98 Å². The van der Waals surface area contributed by atoms with Crippen molar-refractivity contribution in [2.75, 3.05) is 6.61 Å². The number of ether oxygens (including phenoxy) is 1. The number of rotatable bonds is 5. The molecule has 0 saturated heterocycles. The van der Waals surface area contributed by atoms with Gasteiger partial charge in [0, 0.05) is 18.0 Å². The van der Waals surface area contributed by atoms with Crippen LogP contribution in [-0.2, 0) is 16.0 Å². The maximum absolute atomic E-state index is 13.1. The maximum Gasteiger partial charge on any atom is 0.358 e. The standard InChI is InChI=1S/C17H14ClF2N3O2/c1-2-25-17(24)15-14(16(19)20)22-13(23-15)6-9-3-4-12-10(5-9)7-11(18)8-21-12/h3-5,7-8,13,16H,2,6H2,1H3. The van der Waals surface area contributed by atoms with Crippen LogP contribution in [0.1, 0.15) is 12.5 Å². The van der Waals surface area contributed by atoms with E-state index in [1.54, 1.807) is 19.2 Å². The number of halogens is 3. The summed E-state index contributed by atoms with van der Waals surface area (Å²) in [5, 5.41) is 1.33. The van der Waals surface area contributed by atoms with E-state index in [9.17, 15) is 13.6 Å². The highest BCUT2D eigenvalue weighted by Crippen LogP contribution is 2.21. The Balaban J connectivity index is 1.86. The molecule has 0 aliphatic carbocycles. The van der Waals surface area contributed by atoms with Crippen LogP contribution in [0.5, 0.6) is 0 Å². The number of aromatic nitrogens is 1. The molecule has 1 aliphatic rings. The van der Waals surface area contributed by atoms with Crippen molar-refractivity contribution in [2.24, 2.45) is 9.98 Å². The van der Waals surface area contributed by atoms with Gasteiger partial charge in [-0.15, -0.1) is 0 Å². The van der Waals surface area contributed by atoms with Gasteiger partial charge in [0.15, 0.2) is 5.71 Å². The third-order valence-electron chi connectivity index (χ3n) is 3.61. The normalized spacial score (nSPS) is 16.9. The highest BCUT2D eigenvalue weighted by atomic mass is 35.5. The average molecular weight is 366 g/mol. The number of fused-ring (bicyclic) bond motifs is 1.